The lowest BCUT2D eigenvalue weighted by Gasteiger charge is -2.29. The standard InChI is InChI=1S/C22H21N5O/c23-14-17-7-4-15-2-1-3-18(21(15)25-17)28-19-8-5-16-6-9-20(26-22(16)19)27-12-10-24-11-13-27/h1-4,6-7,9,19,24H,5,8,10-13H2/t19-/m0/s1. The van der Waals surface area contributed by atoms with Crippen LogP contribution in [0.5, 0.6) is 5.75 Å². The summed E-state index contributed by atoms with van der Waals surface area (Å²) in [4.78, 5) is 11.8. The van der Waals surface area contributed by atoms with Crippen molar-refractivity contribution < 1.29 is 4.74 Å². The lowest BCUT2D eigenvalue weighted by Crippen LogP contribution is -2.44. The molecule has 1 fully saturated rings. The van der Waals surface area contributed by atoms with E-state index < -0.39 is 0 Å². The first-order chi connectivity index (χ1) is 13.8. The van der Waals surface area contributed by atoms with E-state index in [2.05, 4.69) is 33.4 Å². The normalized spacial score (nSPS) is 18.7. The molecule has 0 amide bonds. The zero-order chi connectivity index (χ0) is 18.9. The largest absolute Gasteiger partial charge is 0.482 e. The van der Waals surface area contributed by atoms with Crippen molar-refractivity contribution in [3.63, 3.8) is 0 Å². The van der Waals surface area contributed by atoms with Crippen LogP contribution in [0.25, 0.3) is 10.9 Å². The molecule has 0 bridgehead atoms. The number of pyridine rings is 2. The number of aromatic nitrogens is 2. The molecule has 2 aromatic heterocycles. The van der Waals surface area contributed by atoms with Crippen LogP contribution in [0.15, 0.2) is 42.5 Å². The van der Waals surface area contributed by atoms with Crippen molar-refractivity contribution in [2.75, 3.05) is 31.1 Å². The fourth-order valence-corrected chi connectivity index (χ4v) is 4.02. The zero-order valence-corrected chi connectivity index (χ0v) is 15.6. The van der Waals surface area contributed by atoms with Gasteiger partial charge in [-0.05, 0) is 42.7 Å². The number of anilines is 1. The summed E-state index contributed by atoms with van der Waals surface area (Å²) in [5.74, 6) is 1.74. The fourth-order valence-electron chi connectivity index (χ4n) is 4.02. The van der Waals surface area contributed by atoms with Crippen LogP contribution in [0.1, 0.15) is 29.5 Å². The van der Waals surface area contributed by atoms with E-state index in [9.17, 15) is 5.26 Å². The number of hydrogen-bond donors (Lipinski definition) is 1. The topological polar surface area (TPSA) is 74.1 Å². The number of rotatable bonds is 3. The van der Waals surface area contributed by atoms with Gasteiger partial charge >= 0.3 is 0 Å². The van der Waals surface area contributed by atoms with Crippen LogP contribution in [0.4, 0.5) is 5.82 Å². The van der Waals surface area contributed by atoms with Gasteiger partial charge in [-0.15, -0.1) is 0 Å². The van der Waals surface area contributed by atoms with Gasteiger partial charge in [0.25, 0.3) is 0 Å². The SMILES string of the molecule is N#Cc1ccc2cccc(O[C@H]3CCc4ccc(N5CCNCC5)nc43)c2n1. The highest BCUT2D eigenvalue weighted by Gasteiger charge is 2.28. The van der Waals surface area contributed by atoms with E-state index in [-0.39, 0.29) is 6.10 Å². The van der Waals surface area contributed by atoms with Crippen LogP contribution in [-0.2, 0) is 6.42 Å². The van der Waals surface area contributed by atoms with E-state index in [4.69, 9.17) is 9.72 Å². The molecule has 0 radical (unpaired) electrons. The van der Waals surface area contributed by atoms with Gasteiger partial charge in [-0.1, -0.05) is 18.2 Å². The summed E-state index contributed by atoms with van der Waals surface area (Å²) in [7, 11) is 0. The van der Waals surface area contributed by atoms with E-state index in [1.807, 2.05) is 24.3 Å². The number of para-hydroxylation sites is 1. The van der Waals surface area contributed by atoms with E-state index in [1.165, 1.54) is 5.56 Å². The lowest BCUT2D eigenvalue weighted by molar-refractivity contribution is 0.206. The average Bonchev–Trinajstić information content (AvgIpc) is 3.16. The van der Waals surface area contributed by atoms with Gasteiger partial charge in [-0.2, -0.15) is 5.26 Å². The van der Waals surface area contributed by atoms with Crippen molar-refractivity contribution in [2.45, 2.75) is 18.9 Å². The van der Waals surface area contributed by atoms with Gasteiger partial charge in [0.15, 0.2) is 0 Å². The summed E-state index contributed by atoms with van der Waals surface area (Å²) in [6.07, 6.45) is 1.79. The third kappa shape index (κ3) is 3.04. The van der Waals surface area contributed by atoms with Crippen molar-refractivity contribution in [1.29, 1.82) is 5.26 Å². The maximum atomic E-state index is 9.18. The minimum Gasteiger partial charge on any atom is -0.482 e. The number of ether oxygens (including phenoxy) is 1. The van der Waals surface area contributed by atoms with Crippen LogP contribution in [0, 0.1) is 11.3 Å². The predicted octanol–water partition coefficient (Wildman–Crippen LogP) is 2.98. The number of nitriles is 1. The van der Waals surface area contributed by atoms with Gasteiger partial charge in [0.2, 0.25) is 0 Å². The van der Waals surface area contributed by atoms with Crippen molar-refractivity contribution in [2.24, 2.45) is 0 Å². The fraction of sp³-hybridized carbons (Fsp3) is 0.318. The zero-order valence-electron chi connectivity index (χ0n) is 15.6. The molecule has 1 aliphatic carbocycles. The number of piperazine rings is 1. The van der Waals surface area contributed by atoms with Crippen LogP contribution < -0.4 is 15.0 Å². The predicted molar refractivity (Wildman–Crippen MR) is 107 cm³/mol. The highest BCUT2D eigenvalue weighted by molar-refractivity contribution is 5.84. The van der Waals surface area contributed by atoms with E-state index in [1.54, 1.807) is 6.07 Å². The number of fused-ring (bicyclic) bond motifs is 2. The van der Waals surface area contributed by atoms with Crippen LogP contribution in [0.3, 0.4) is 0 Å². The Bertz CT molecular complexity index is 1070. The lowest BCUT2D eigenvalue weighted by atomic mass is 10.2. The van der Waals surface area contributed by atoms with E-state index in [0.717, 1.165) is 61.4 Å². The Balaban J connectivity index is 1.47. The molecule has 1 saturated heterocycles. The summed E-state index contributed by atoms with van der Waals surface area (Å²) in [5, 5.41) is 13.5. The molecule has 1 aromatic carbocycles. The molecule has 5 rings (SSSR count). The Hall–Kier alpha value is -3.17. The van der Waals surface area contributed by atoms with Crippen molar-refractivity contribution >= 4 is 16.7 Å². The number of nitrogens with zero attached hydrogens (tertiary/aromatic N) is 4. The second-order valence-electron chi connectivity index (χ2n) is 7.23. The molecule has 3 heterocycles. The third-order valence-electron chi connectivity index (χ3n) is 5.49. The molecule has 0 saturated carbocycles. The first-order valence-electron chi connectivity index (χ1n) is 9.74. The Morgan fingerprint density at radius 1 is 1.07 bits per heavy atom. The van der Waals surface area contributed by atoms with Crippen molar-refractivity contribution in [1.82, 2.24) is 15.3 Å². The van der Waals surface area contributed by atoms with Gasteiger partial charge in [-0.25, -0.2) is 9.97 Å². The smallest absolute Gasteiger partial charge is 0.146 e. The Kier molecular flexibility index (Phi) is 4.30. The number of aryl methyl sites for hydroxylation is 1. The minimum atomic E-state index is -0.0870. The molecule has 28 heavy (non-hydrogen) atoms. The quantitative estimate of drug-likeness (QED) is 0.763. The summed E-state index contributed by atoms with van der Waals surface area (Å²) in [6, 6.07) is 16.0. The molecule has 1 aliphatic heterocycles. The first kappa shape index (κ1) is 17.0. The summed E-state index contributed by atoms with van der Waals surface area (Å²) >= 11 is 0. The second kappa shape index (κ2) is 7.10. The Labute approximate surface area is 163 Å². The molecule has 140 valence electrons. The minimum absolute atomic E-state index is 0.0870. The summed E-state index contributed by atoms with van der Waals surface area (Å²) < 4.78 is 6.39. The molecule has 1 atom stereocenters. The Morgan fingerprint density at radius 2 is 1.96 bits per heavy atom. The Morgan fingerprint density at radius 3 is 2.82 bits per heavy atom. The highest BCUT2D eigenvalue weighted by atomic mass is 16.5. The maximum Gasteiger partial charge on any atom is 0.146 e. The molecule has 2 aliphatic rings. The van der Waals surface area contributed by atoms with E-state index >= 15 is 0 Å². The maximum absolute atomic E-state index is 9.18. The highest BCUT2D eigenvalue weighted by Crippen LogP contribution is 2.37. The molecular weight excluding hydrogens is 350 g/mol. The van der Waals surface area contributed by atoms with Gasteiger partial charge in [-0.3, -0.25) is 0 Å². The van der Waals surface area contributed by atoms with Gasteiger partial charge < -0.3 is 15.0 Å². The van der Waals surface area contributed by atoms with Gasteiger partial charge in [0, 0.05) is 31.6 Å². The van der Waals surface area contributed by atoms with Crippen LogP contribution in [-0.4, -0.2) is 36.1 Å². The average molecular weight is 371 g/mol. The molecule has 0 unspecified atom stereocenters. The number of benzene rings is 1. The van der Waals surface area contributed by atoms with Crippen molar-refractivity contribution in [3.8, 4) is 11.8 Å². The number of nitrogens with one attached hydrogen (secondary N) is 1. The van der Waals surface area contributed by atoms with E-state index in [0.29, 0.717) is 11.4 Å². The summed E-state index contributed by atoms with van der Waals surface area (Å²) in [6.45, 7) is 3.92. The molecule has 1 N–H and O–H groups in total. The van der Waals surface area contributed by atoms with Gasteiger partial charge in [0.1, 0.15) is 35.0 Å². The molecule has 6 nitrogen and oxygen atoms in total. The van der Waals surface area contributed by atoms with Crippen LogP contribution >= 0.6 is 0 Å². The molecule has 6 heteroatoms. The monoisotopic (exact) mass is 371 g/mol. The summed E-state index contributed by atoms with van der Waals surface area (Å²) in [5.41, 5.74) is 3.42. The molecule has 3 aromatic rings. The van der Waals surface area contributed by atoms with Crippen molar-refractivity contribution in [3.05, 3.63) is 59.4 Å². The molecular formula is C22H21N5O. The second-order valence-corrected chi connectivity index (χ2v) is 7.23. The van der Waals surface area contributed by atoms with Crippen LogP contribution in [0.2, 0.25) is 0 Å². The van der Waals surface area contributed by atoms with Gasteiger partial charge in [0.05, 0.1) is 5.69 Å². The third-order valence-corrected chi connectivity index (χ3v) is 5.49. The first-order valence-corrected chi connectivity index (χ1v) is 9.74. The molecule has 0 spiro atoms. The number of hydrogen-bond acceptors (Lipinski definition) is 6.